The molecule has 0 aliphatic heterocycles. The topological polar surface area (TPSA) is 55.6 Å². The van der Waals surface area contributed by atoms with E-state index in [0.717, 1.165) is 34.0 Å². The molecule has 1 heterocycles. The highest BCUT2D eigenvalue weighted by atomic mass is 35.5. The fourth-order valence-electron chi connectivity index (χ4n) is 3.21. The molecule has 7 heteroatoms. The summed E-state index contributed by atoms with van der Waals surface area (Å²) in [5, 5.41) is 5.13. The number of hydrogen-bond acceptors (Lipinski definition) is 3. The molecular weight excluding hydrogens is 421 g/mol. The lowest BCUT2D eigenvalue weighted by molar-refractivity contribution is -0.120. The van der Waals surface area contributed by atoms with Gasteiger partial charge in [0.2, 0.25) is 5.91 Å². The second-order valence-electron chi connectivity index (χ2n) is 6.81. The zero-order chi connectivity index (χ0) is 21.7. The van der Waals surface area contributed by atoms with Crippen molar-refractivity contribution in [2.75, 3.05) is 6.61 Å². The molecule has 0 bridgehead atoms. The van der Waals surface area contributed by atoms with E-state index in [1.165, 1.54) is 0 Å². The molecule has 0 aliphatic carbocycles. The number of carbonyl (C=O) groups is 1. The van der Waals surface area contributed by atoms with Gasteiger partial charge in [0.25, 0.3) is 0 Å². The SMILES string of the molecule is CCOc1ccc(CC(=O)N/N=C\c2cc(C)n(-c3ccc(Cl)c(Cl)c3)c2C)cc1. The van der Waals surface area contributed by atoms with E-state index >= 15 is 0 Å². The van der Waals surface area contributed by atoms with E-state index in [-0.39, 0.29) is 12.3 Å². The van der Waals surface area contributed by atoms with Crippen molar-refractivity contribution in [3.05, 3.63) is 81.1 Å². The number of benzene rings is 2. The first kappa shape index (κ1) is 21.9. The maximum absolute atomic E-state index is 12.2. The van der Waals surface area contributed by atoms with Crippen molar-refractivity contribution in [2.45, 2.75) is 27.2 Å². The Morgan fingerprint density at radius 1 is 1.10 bits per heavy atom. The fraction of sp³-hybridized carbons (Fsp3) is 0.217. The van der Waals surface area contributed by atoms with Crippen LogP contribution in [-0.4, -0.2) is 23.3 Å². The summed E-state index contributed by atoms with van der Waals surface area (Å²) in [6, 6.07) is 15.0. The minimum absolute atomic E-state index is 0.186. The maximum Gasteiger partial charge on any atom is 0.244 e. The highest BCUT2D eigenvalue weighted by Gasteiger charge is 2.11. The van der Waals surface area contributed by atoms with E-state index in [4.69, 9.17) is 27.9 Å². The van der Waals surface area contributed by atoms with Gasteiger partial charge >= 0.3 is 0 Å². The number of ether oxygens (including phenoxy) is 1. The molecule has 1 aromatic heterocycles. The van der Waals surface area contributed by atoms with Crippen LogP contribution in [0.15, 0.2) is 53.6 Å². The highest BCUT2D eigenvalue weighted by Crippen LogP contribution is 2.27. The molecular formula is C23H23Cl2N3O2. The summed E-state index contributed by atoms with van der Waals surface area (Å²) in [4.78, 5) is 12.2. The number of hydrogen-bond donors (Lipinski definition) is 1. The zero-order valence-electron chi connectivity index (χ0n) is 17.1. The van der Waals surface area contributed by atoms with Gasteiger partial charge in [0, 0.05) is 22.6 Å². The first-order valence-electron chi connectivity index (χ1n) is 9.57. The first-order chi connectivity index (χ1) is 14.4. The Bertz CT molecular complexity index is 1070. The summed E-state index contributed by atoms with van der Waals surface area (Å²) in [6.07, 6.45) is 1.89. The van der Waals surface area contributed by atoms with Gasteiger partial charge in [-0.15, -0.1) is 0 Å². The fourth-order valence-corrected chi connectivity index (χ4v) is 3.50. The molecule has 3 aromatic rings. The standard InChI is InChI=1S/C23H23Cl2N3O2/c1-4-30-20-8-5-17(6-9-20)12-23(29)27-26-14-18-11-15(2)28(16(18)3)19-7-10-21(24)22(25)13-19/h5-11,13-14H,4,12H2,1-3H3,(H,27,29)/b26-14-. The molecule has 30 heavy (non-hydrogen) atoms. The molecule has 0 fully saturated rings. The predicted octanol–water partition coefficient (Wildman–Crippen LogP) is 5.49. The molecule has 0 saturated heterocycles. The van der Waals surface area contributed by atoms with Crippen molar-refractivity contribution in [1.29, 1.82) is 0 Å². The van der Waals surface area contributed by atoms with Crippen molar-refractivity contribution in [3.63, 3.8) is 0 Å². The molecule has 0 unspecified atom stereocenters. The summed E-state index contributed by atoms with van der Waals surface area (Å²) >= 11 is 12.2. The smallest absolute Gasteiger partial charge is 0.244 e. The second kappa shape index (κ2) is 9.83. The second-order valence-corrected chi connectivity index (χ2v) is 7.62. The van der Waals surface area contributed by atoms with E-state index in [1.807, 2.05) is 63.2 Å². The number of aryl methyl sites for hydroxylation is 1. The van der Waals surface area contributed by atoms with Crippen molar-refractivity contribution in [1.82, 2.24) is 9.99 Å². The van der Waals surface area contributed by atoms with Crippen molar-refractivity contribution < 1.29 is 9.53 Å². The average molecular weight is 444 g/mol. The lowest BCUT2D eigenvalue weighted by Crippen LogP contribution is -2.19. The number of rotatable bonds is 7. The van der Waals surface area contributed by atoms with Crippen LogP contribution in [0.3, 0.4) is 0 Å². The summed E-state index contributed by atoms with van der Waals surface area (Å²) < 4.78 is 7.47. The van der Waals surface area contributed by atoms with Gasteiger partial charge in [-0.3, -0.25) is 4.79 Å². The van der Waals surface area contributed by atoms with Crippen molar-refractivity contribution >= 4 is 35.3 Å². The number of carbonyl (C=O) groups excluding carboxylic acids is 1. The van der Waals surface area contributed by atoms with Crippen LogP contribution in [-0.2, 0) is 11.2 Å². The Labute approximate surface area is 186 Å². The van der Waals surface area contributed by atoms with Crippen molar-refractivity contribution in [2.24, 2.45) is 5.10 Å². The minimum atomic E-state index is -0.186. The largest absolute Gasteiger partial charge is 0.494 e. The Morgan fingerprint density at radius 3 is 2.50 bits per heavy atom. The molecule has 0 aliphatic rings. The molecule has 0 spiro atoms. The van der Waals surface area contributed by atoms with E-state index in [2.05, 4.69) is 15.1 Å². The molecule has 0 atom stereocenters. The quantitative estimate of drug-likeness (QED) is 0.387. The minimum Gasteiger partial charge on any atom is -0.494 e. The zero-order valence-corrected chi connectivity index (χ0v) is 18.6. The van der Waals surface area contributed by atoms with Crippen LogP contribution >= 0.6 is 23.2 Å². The van der Waals surface area contributed by atoms with Crippen LogP contribution in [0, 0.1) is 13.8 Å². The molecule has 1 amide bonds. The molecule has 1 N–H and O–H groups in total. The van der Waals surface area contributed by atoms with Crippen LogP contribution in [0.2, 0.25) is 10.0 Å². The summed E-state index contributed by atoms with van der Waals surface area (Å²) in [7, 11) is 0. The summed E-state index contributed by atoms with van der Waals surface area (Å²) in [5.74, 6) is 0.603. The lowest BCUT2D eigenvalue weighted by atomic mass is 10.1. The van der Waals surface area contributed by atoms with Crippen molar-refractivity contribution in [3.8, 4) is 11.4 Å². The predicted molar refractivity (Wildman–Crippen MR) is 122 cm³/mol. The molecule has 0 saturated carbocycles. The number of nitrogens with zero attached hydrogens (tertiary/aromatic N) is 2. The maximum atomic E-state index is 12.2. The Hall–Kier alpha value is -2.76. The molecule has 3 rings (SSSR count). The van der Waals surface area contributed by atoms with E-state index in [0.29, 0.717) is 16.7 Å². The highest BCUT2D eigenvalue weighted by molar-refractivity contribution is 6.42. The third-order valence-corrected chi connectivity index (χ3v) is 5.36. The van der Waals surface area contributed by atoms with Crippen LogP contribution < -0.4 is 10.2 Å². The number of halogens is 2. The van der Waals surface area contributed by atoms with E-state index < -0.39 is 0 Å². The van der Waals surface area contributed by atoms with Gasteiger partial charge in [-0.1, -0.05) is 35.3 Å². The Balaban J connectivity index is 1.66. The van der Waals surface area contributed by atoms with E-state index in [9.17, 15) is 4.79 Å². The lowest BCUT2D eigenvalue weighted by Gasteiger charge is -2.10. The first-order valence-corrected chi connectivity index (χ1v) is 10.3. The van der Waals surface area contributed by atoms with Gasteiger partial charge in [0.15, 0.2) is 0 Å². The van der Waals surface area contributed by atoms with Gasteiger partial charge < -0.3 is 9.30 Å². The van der Waals surface area contributed by atoms with E-state index in [1.54, 1.807) is 12.3 Å². The third-order valence-electron chi connectivity index (χ3n) is 4.62. The molecule has 156 valence electrons. The molecule has 5 nitrogen and oxygen atoms in total. The number of nitrogens with one attached hydrogen (secondary N) is 1. The van der Waals surface area contributed by atoms with Gasteiger partial charge in [0.1, 0.15) is 5.75 Å². The Kier molecular flexibility index (Phi) is 7.19. The van der Waals surface area contributed by atoms with Crippen LogP contribution in [0.1, 0.15) is 29.4 Å². The summed E-state index contributed by atoms with van der Waals surface area (Å²) in [6.45, 7) is 6.53. The monoisotopic (exact) mass is 443 g/mol. The van der Waals surface area contributed by atoms with Crippen LogP contribution in [0.25, 0.3) is 5.69 Å². The van der Waals surface area contributed by atoms with Gasteiger partial charge in [-0.05, 0) is 62.7 Å². The van der Waals surface area contributed by atoms with Gasteiger partial charge in [-0.25, -0.2) is 5.43 Å². The van der Waals surface area contributed by atoms with Gasteiger partial charge in [-0.2, -0.15) is 5.10 Å². The Morgan fingerprint density at radius 2 is 1.83 bits per heavy atom. The van der Waals surface area contributed by atoms with Crippen LogP contribution in [0.5, 0.6) is 5.75 Å². The number of hydrazone groups is 1. The number of aromatic nitrogens is 1. The molecule has 0 radical (unpaired) electrons. The normalized spacial score (nSPS) is 11.1. The van der Waals surface area contributed by atoms with Gasteiger partial charge in [0.05, 0.1) is 29.3 Å². The average Bonchev–Trinajstić information content (AvgIpc) is 2.99. The number of amides is 1. The van der Waals surface area contributed by atoms with Crippen LogP contribution in [0.4, 0.5) is 0 Å². The third kappa shape index (κ3) is 5.23. The summed E-state index contributed by atoms with van der Waals surface area (Å²) in [5.41, 5.74) is 7.30. The molecule has 2 aromatic carbocycles.